The molecule has 0 bridgehead atoms. The highest BCUT2D eigenvalue weighted by Gasteiger charge is 2.54. The number of aliphatic hydroxyl groups is 1. The van der Waals surface area contributed by atoms with Crippen LogP contribution in [0.3, 0.4) is 0 Å². The molecule has 10 nitrogen and oxygen atoms in total. The van der Waals surface area contributed by atoms with E-state index in [9.17, 15) is 9.18 Å². The van der Waals surface area contributed by atoms with Crippen molar-refractivity contribution in [1.29, 1.82) is 0 Å². The van der Waals surface area contributed by atoms with Crippen LogP contribution in [0.1, 0.15) is 40.3 Å². The minimum atomic E-state index is -1.50. The Kier molecular flexibility index (Phi) is 11.0. The summed E-state index contributed by atoms with van der Waals surface area (Å²) < 4.78 is 26.6. The van der Waals surface area contributed by atoms with Gasteiger partial charge in [0.1, 0.15) is 11.6 Å². The largest absolute Gasteiger partial charge is 0.494 e. The molecule has 0 saturated carbocycles. The first-order chi connectivity index (χ1) is 22.4. The SMILES string of the molecule is [N-]=[N+]=NCc1ccccc1[C@@H]1OC(c2ccc(OCCCO)cc2)=N[C@]1(Cc1ccc(Br)cc1)C(=O)NNCc1ccc(F)cc1. The molecule has 0 spiro atoms. The molecule has 0 aliphatic carbocycles. The molecular formula is C34H32BrFN6O4. The standard InChI is InChI=1S/C34H32BrFN6O4/c35-27-12-6-23(7-13-27)20-34(33(44)41-38-21-24-8-14-28(36)15-9-24)31(30-5-2-1-4-26(30)22-39-42-37)46-32(40-34)25-10-16-29(17-11-25)45-19-3-18-43/h1-2,4-17,31,38,43H,3,18-22H2,(H,41,44)/t31-,34-/m0/s1. The van der Waals surface area contributed by atoms with Crippen molar-refractivity contribution in [2.24, 2.45) is 10.1 Å². The molecule has 5 rings (SSSR count). The summed E-state index contributed by atoms with van der Waals surface area (Å²) in [5.41, 5.74) is 17.0. The molecule has 46 heavy (non-hydrogen) atoms. The van der Waals surface area contributed by atoms with E-state index >= 15 is 0 Å². The van der Waals surface area contributed by atoms with Crippen molar-refractivity contribution in [2.75, 3.05) is 13.2 Å². The minimum Gasteiger partial charge on any atom is -0.494 e. The Morgan fingerprint density at radius 1 is 1.04 bits per heavy atom. The lowest BCUT2D eigenvalue weighted by atomic mass is 9.81. The topological polar surface area (TPSA) is 141 Å². The summed E-state index contributed by atoms with van der Waals surface area (Å²) in [5, 5.41) is 12.8. The molecule has 1 aliphatic heterocycles. The van der Waals surface area contributed by atoms with Gasteiger partial charge in [-0.2, -0.15) is 0 Å². The summed E-state index contributed by atoms with van der Waals surface area (Å²) in [4.78, 5) is 22.4. The number of rotatable bonds is 14. The lowest BCUT2D eigenvalue weighted by Gasteiger charge is -2.32. The molecule has 236 valence electrons. The third-order valence-electron chi connectivity index (χ3n) is 7.47. The lowest BCUT2D eigenvalue weighted by Crippen LogP contribution is -2.53. The zero-order valence-electron chi connectivity index (χ0n) is 24.8. The van der Waals surface area contributed by atoms with Crippen molar-refractivity contribution in [1.82, 2.24) is 10.9 Å². The number of nitrogens with one attached hydrogen (secondary N) is 2. The fourth-order valence-electron chi connectivity index (χ4n) is 5.15. The molecule has 1 aliphatic rings. The highest BCUT2D eigenvalue weighted by Crippen LogP contribution is 2.44. The molecule has 3 N–H and O–H groups in total. The van der Waals surface area contributed by atoms with Crippen molar-refractivity contribution in [3.8, 4) is 5.75 Å². The van der Waals surface area contributed by atoms with Crippen LogP contribution in [0.2, 0.25) is 0 Å². The fraction of sp³-hybridized carbons (Fsp3) is 0.235. The van der Waals surface area contributed by atoms with E-state index in [0.29, 0.717) is 35.5 Å². The maximum absolute atomic E-state index is 14.4. The van der Waals surface area contributed by atoms with Crippen molar-refractivity contribution in [2.45, 2.75) is 37.6 Å². The van der Waals surface area contributed by atoms with E-state index < -0.39 is 17.6 Å². The number of aliphatic hydroxyl groups excluding tert-OH is 1. The maximum atomic E-state index is 14.4. The van der Waals surface area contributed by atoms with E-state index in [1.165, 1.54) is 12.1 Å². The smallest absolute Gasteiger partial charge is 0.266 e. The molecule has 4 aromatic carbocycles. The summed E-state index contributed by atoms with van der Waals surface area (Å²) in [5.74, 6) is 0.0884. The lowest BCUT2D eigenvalue weighted by molar-refractivity contribution is -0.130. The first kappa shape index (κ1) is 32.6. The zero-order chi connectivity index (χ0) is 32.4. The van der Waals surface area contributed by atoms with Gasteiger partial charge in [0.2, 0.25) is 5.90 Å². The monoisotopic (exact) mass is 686 g/mol. The average molecular weight is 688 g/mol. The number of nitrogens with zero attached hydrogens (tertiary/aromatic N) is 4. The number of halogens is 2. The van der Waals surface area contributed by atoms with Gasteiger partial charge in [0.15, 0.2) is 11.6 Å². The first-order valence-electron chi connectivity index (χ1n) is 14.6. The van der Waals surface area contributed by atoms with Gasteiger partial charge in [-0.05, 0) is 76.3 Å². The van der Waals surface area contributed by atoms with E-state index in [1.54, 1.807) is 36.4 Å². The summed E-state index contributed by atoms with van der Waals surface area (Å²) >= 11 is 3.48. The van der Waals surface area contributed by atoms with Crippen LogP contribution in [0.25, 0.3) is 10.4 Å². The molecule has 0 radical (unpaired) electrons. The van der Waals surface area contributed by atoms with E-state index in [1.807, 2.05) is 48.5 Å². The molecule has 4 aromatic rings. The Bertz CT molecular complexity index is 1710. The second-order valence-corrected chi connectivity index (χ2v) is 11.5. The van der Waals surface area contributed by atoms with Crippen molar-refractivity contribution >= 4 is 27.7 Å². The maximum Gasteiger partial charge on any atom is 0.266 e. The third-order valence-corrected chi connectivity index (χ3v) is 8.00. The van der Waals surface area contributed by atoms with Gasteiger partial charge in [0.05, 0.1) is 13.2 Å². The van der Waals surface area contributed by atoms with Gasteiger partial charge >= 0.3 is 0 Å². The molecule has 1 amide bonds. The molecule has 0 unspecified atom stereocenters. The Hall–Kier alpha value is -4.74. The van der Waals surface area contributed by atoms with Crippen LogP contribution in [0, 0.1) is 5.82 Å². The number of ether oxygens (including phenoxy) is 2. The third kappa shape index (κ3) is 7.91. The van der Waals surface area contributed by atoms with Crippen LogP contribution in [0.15, 0.2) is 112 Å². The number of amides is 1. The molecule has 2 atom stereocenters. The molecular weight excluding hydrogens is 655 g/mol. The van der Waals surface area contributed by atoms with E-state index in [0.717, 1.165) is 15.6 Å². The summed E-state index contributed by atoms with van der Waals surface area (Å²) in [7, 11) is 0. The Balaban J connectivity index is 1.55. The van der Waals surface area contributed by atoms with E-state index in [4.69, 9.17) is 25.1 Å². The van der Waals surface area contributed by atoms with Gasteiger partial charge in [0.25, 0.3) is 5.91 Å². The second-order valence-electron chi connectivity index (χ2n) is 10.6. The number of hydrazine groups is 1. The number of carbonyl (C=O) groups is 1. The number of azide groups is 1. The number of hydrogen-bond acceptors (Lipinski definition) is 7. The Labute approximate surface area is 274 Å². The minimum absolute atomic E-state index is 0.0343. The fourth-order valence-corrected chi connectivity index (χ4v) is 5.42. The van der Waals surface area contributed by atoms with Crippen LogP contribution in [-0.4, -0.2) is 35.7 Å². The highest BCUT2D eigenvalue weighted by atomic mass is 79.9. The molecule has 0 aromatic heterocycles. The van der Waals surface area contributed by atoms with Crippen LogP contribution in [0.5, 0.6) is 5.75 Å². The predicted molar refractivity (Wildman–Crippen MR) is 175 cm³/mol. The average Bonchev–Trinajstić information content (AvgIpc) is 3.46. The first-order valence-corrected chi connectivity index (χ1v) is 15.4. The van der Waals surface area contributed by atoms with Crippen molar-refractivity contribution in [3.05, 3.63) is 146 Å². The van der Waals surface area contributed by atoms with Crippen LogP contribution in [-0.2, 0) is 29.0 Å². The zero-order valence-corrected chi connectivity index (χ0v) is 26.4. The van der Waals surface area contributed by atoms with Crippen molar-refractivity contribution < 1.29 is 23.8 Å². The van der Waals surface area contributed by atoms with Crippen molar-refractivity contribution in [3.63, 3.8) is 0 Å². The molecule has 1 heterocycles. The quantitative estimate of drug-likeness (QED) is 0.0458. The number of carbonyl (C=O) groups excluding carboxylic acids is 1. The van der Waals surface area contributed by atoms with Gasteiger partial charge in [0, 0.05) is 40.9 Å². The predicted octanol–water partition coefficient (Wildman–Crippen LogP) is 6.48. The summed E-state index contributed by atoms with van der Waals surface area (Å²) in [6, 6.07) is 28.1. The summed E-state index contributed by atoms with van der Waals surface area (Å²) in [6.07, 6.45) is -0.210. The number of hydrogen-bond donors (Lipinski definition) is 3. The van der Waals surface area contributed by atoms with Crippen LogP contribution in [0.4, 0.5) is 4.39 Å². The van der Waals surface area contributed by atoms with Gasteiger partial charge in [-0.3, -0.25) is 10.2 Å². The molecule has 0 fully saturated rings. The van der Waals surface area contributed by atoms with E-state index in [-0.39, 0.29) is 37.8 Å². The number of benzene rings is 4. The van der Waals surface area contributed by atoms with Gasteiger partial charge in [-0.25, -0.2) is 14.8 Å². The Morgan fingerprint density at radius 2 is 1.76 bits per heavy atom. The van der Waals surface area contributed by atoms with Crippen LogP contribution < -0.4 is 15.6 Å². The van der Waals surface area contributed by atoms with Gasteiger partial charge < -0.3 is 14.6 Å². The van der Waals surface area contributed by atoms with Gasteiger partial charge in [-0.1, -0.05) is 69.6 Å². The Morgan fingerprint density at radius 3 is 2.48 bits per heavy atom. The molecule has 12 heteroatoms. The van der Waals surface area contributed by atoms with Crippen LogP contribution >= 0.6 is 15.9 Å². The van der Waals surface area contributed by atoms with Gasteiger partial charge in [-0.15, -0.1) is 0 Å². The normalized spacial score (nSPS) is 17.0. The highest BCUT2D eigenvalue weighted by molar-refractivity contribution is 9.10. The van der Waals surface area contributed by atoms with E-state index in [2.05, 4.69) is 36.8 Å². The summed E-state index contributed by atoms with van der Waals surface area (Å²) in [6.45, 7) is 0.708. The molecule has 0 saturated heterocycles. The second kappa shape index (κ2) is 15.5. The number of aliphatic imine (C=N–C) groups is 1.